The van der Waals surface area contributed by atoms with Crippen molar-refractivity contribution in [2.24, 2.45) is 0 Å². The molecule has 0 aromatic heterocycles. The molecule has 3 nitrogen and oxygen atoms in total. The van der Waals surface area contributed by atoms with Gasteiger partial charge in [0, 0.05) is 13.0 Å². The lowest BCUT2D eigenvalue weighted by molar-refractivity contribution is -0.122. The number of fused-ring (bicyclic) bond motifs is 1. The molecule has 0 saturated carbocycles. The van der Waals surface area contributed by atoms with Gasteiger partial charge in [-0.25, -0.2) is 0 Å². The Labute approximate surface area is 102 Å². The first-order chi connectivity index (χ1) is 8.31. The van der Waals surface area contributed by atoms with Crippen LogP contribution in [0.4, 0.5) is 0 Å². The highest BCUT2D eigenvalue weighted by Crippen LogP contribution is 2.30. The lowest BCUT2D eigenvalue weighted by Gasteiger charge is -2.13. The molecule has 0 fully saturated rings. The minimum absolute atomic E-state index is 0.0974. The molecule has 92 valence electrons. The average molecular weight is 233 g/mol. The molecule has 0 bridgehead atoms. The standard InChI is InChI=1S/C14H19NO2/c16-10-4-3-7-14(17)15-13-9-8-11-5-1-2-6-12(11)13/h1-2,5-6,13,16H,3-4,7-10H2,(H,15,17). The molecule has 1 amide bonds. The quantitative estimate of drug-likeness (QED) is 0.764. The van der Waals surface area contributed by atoms with Gasteiger partial charge in [-0.05, 0) is 36.8 Å². The van der Waals surface area contributed by atoms with Crippen molar-refractivity contribution in [3.63, 3.8) is 0 Å². The van der Waals surface area contributed by atoms with Crippen LogP contribution in [0.5, 0.6) is 0 Å². The minimum atomic E-state index is 0.0974. The smallest absolute Gasteiger partial charge is 0.220 e. The van der Waals surface area contributed by atoms with Gasteiger partial charge in [0.05, 0.1) is 6.04 Å². The van der Waals surface area contributed by atoms with Crippen molar-refractivity contribution < 1.29 is 9.90 Å². The number of carbonyl (C=O) groups excluding carboxylic acids is 1. The van der Waals surface area contributed by atoms with Crippen LogP contribution in [0.1, 0.15) is 42.9 Å². The molecule has 0 heterocycles. The average Bonchev–Trinajstić information content (AvgIpc) is 2.73. The van der Waals surface area contributed by atoms with E-state index < -0.39 is 0 Å². The fourth-order valence-electron chi connectivity index (χ4n) is 2.37. The molecule has 0 aliphatic heterocycles. The lowest BCUT2D eigenvalue weighted by atomic mass is 10.1. The van der Waals surface area contributed by atoms with E-state index in [1.54, 1.807) is 0 Å². The van der Waals surface area contributed by atoms with Gasteiger partial charge in [-0.3, -0.25) is 4.79 Å². The number of amides is 1. The van der Waals surface area contributed by atoms with Crippen LogP contribution in [0.2, 0.25) is 0 Å². The second-order valence-electron chi connectivity index (χ2n) is 4.54. The van der Waals surface area contributed by atoms with Gasteiger partial charge in [-0.1, -0.05) is 24.3 Å². The maximum Gasteiger partial charge on any atom is 0.220 e. The molecule has 2 N–H and O–H groups in total. The van der Waals surface area contributed by atoms with Crippen LogP contribution in [-0.2, 0) is 11.2 Å². The maximum absolute atomic E-state index is 11.7. The third-order valence-corrected chi connectivity index (χ3v) is 3.28. The highest BCUT2D eigenvalue weighted by Gasteiger charge is 2.22. The third-order valence-electron chi connectivity index (χ3n) is 3.28. The molecular formula is C14H19NO2. The van der Waals surface area contributed by atoms with Gasteiger partial charge in [0.2, 0.25) is 5.91 Å². The highest BCUT2D eigenvalue weighted by molar-refractivity contribution is 5.76. The summed E-state index contributed by atoms with van der Waals surface area (Å²) in [5.41, 5.74) is 2.62. The molecular weight excluding hydrogens is 214 g/mol. The van der Waals surface area contributed by atoms with Crippen molar-refractivity contribution in [1.29, 1.82) is 0 Å². The van der Waals surface area contributed by atoms with Crippen LogP contribution >= 0.6 is 0 Å². The summed E-state index contributed by atoms with van der Waals surface area (Å²) in [6, 6.07) is 8.49. The molecule has 0 spiro atoms. The molecule has 3 heteroatoms. The number of hydrogen-bond acceptors (Lipinski definition) is 2. The van der Waals surface area contributed by atoms with Gasteiger partial charge in [0.1, 0.15) is 0 Å². The van der Waals surface area contributed by atoms with Gasteiger partial charge in [0.25, 0.3) is 0 Å². The Hall–Kier alpha value is -1.35. The molecule has 2 rings (SSSR count). The summed E-state index contributed by atoms with van der Waals surface area (Å²) in [6.07, 6.45) is 4.04. The Morgan fingerprint density at radius 1 is 1.35 bits per heavy atom. The Bertz CT molecular complexity index is 390. The van der Waals surface area contributed by atoms with Crippen molar-refractivity contribution in [2.45, 2.75) is 38.1 Å². The second-order valence-corrected chi connectivity index (χ2v) is 4.54. The number of hydrogen-bond donors (Lipinski definition) is 2. The van der Waals surface area contributed by atoms with E-state index in [0.29, 0.717) is 12.8 Å². The van der Waals surface area contributed by atoms with Gasteiger partial charge < -0.3 is 10.4 Å². The molecule has 1 aromatic rings. The van der Waals surface area contributed by atoms with E-state index in [4.69, 9.17) is 5.11 Å². The molecule has 1 aromatic carbocycles. The first-order valence-corrected chi connectivity index (χ1v) is 6.29. The fourth-order valence-corrected chi connectivity index (χ4v) is 2.37. The van der Waals surface area contributed by atoms with Crippen LogP contribution in [-0.4, -0.2) is 17.6 Å². The lowest BCUT2D eigenvalue weighted by Crippen LogP contribution is -2.26. The number of aliphatic hydroxyl groups is 1. The van der Waals surface area contributed by atoms with E-state index in [0.717, 1.165) is 19.3 Å². The predicted octanol–water partition coefficient (Wildman–Crippen LogP) is 1.95. The first-order valence-electron chi connectivity index (χ1n) is 6.29. The summed E-state index contributed by atoms with van der Waals surface area (Å²) in [7, 11) is 0. The SMILES string of the molecule is O=C(CCCCO)NC1CCc2ccccc21. The summed E-state index contributed by atoms with van der Waals surface area (Å²) in [5.74, 6) is 0.0974. The van der Waals surface area contributed by atoms with E-state index in [-0.39, 0.29) is 18.6 Å². The van der Waals surface area contributed by atoms with Crippen molar-refractivity contribution in [3.05, 3.63) is 35.4 Å². The molecule has 0 radical (unpaired) electrons. The maximum atomic E-state index is 11.7. The Morgan fingerprint density at radius 2 is 2.18 bits per heavy atom. The molecule has 1 unspecified atom stereocenters. The zero-order chi connectivity index (χ0) is 12.1. The second kappa shape index (κ2) is 5.82. The highest BCUT2D eigenvalue weighted by atomic mass is 16.2. The van der Waals surface area contributed by atoms with Crippen LogP contribution in [0.3, 0.4) is 0 Å². The van der Waals surface area contributed by atoms with Crippen LogP contribution in [0.25, 0.3) is 0 Å². The summed E-state index contributed by atoms with van der Waals surface area (Å²) in [5, 5.41) is 11.7. The van der Waals surface area contributed by atoms with Gasteiger partial charge >= 0.3 is 0 Å². The van der Waals surface area contributed by atoms with Crippen molar-refractivity contribution in [3.8, 4) is 0 Å². The number of aryl methyl sites for hydroxylation is 1. The van der Waals surface area contributed by atoms with Crippen molar-refractivity contribution in [2.75, 3.05) is 6.61 Å². The van der Waals surface area contributed by atoms with Crippen molar-refractivity contribution in [1.82, 2.24) is 5.32 Å². The van der Waals surface area contributed by atoms with Crippen LogP contribution in [0.15, 0.2) is 24.3 Å². The predicted molar refractivity (Wildman–Crippen MR) is 66.6 cm³/mol. The van der Waals surface area contributed by atoms with E-state index in [9.17, 15) is 4.79 Å². The number of nitrogens with one attached hydrogen (secondary N) is 1. The molecule has 1 aliphatic rings. The summed E-state index contributed by atoms with van der Waals surface area (Å²) in [6.45, 7) is 0.166. The number of rotatable bonds is 5. The first kappa shape index (κ1) is 12.1. The Morgan fingerprint density at radius 3 is 3.00 bits per heavy atom. The van der Waals surface area contributed by atoms with Gasteiger partial charge in [-0.15, -0.1) is 0 Å². The Balaban J connectivity index is 1.87. The topological polar surface area (TPSA) is 49.3 Å². The molecule has 1 atom stereocenters. The van der Waals surface area contributed by atoms with Gasteiger partial charge in [-0.2, -0.15) is 0 Å². The zero-order valence-electron chi connectivity index (χ0n) is 9.98. The molecule has 1 aliphatic carbocycles. The zero-order valence-corrected chi connectivity index (χ0v) is 9.98. The molecule has 17 heavy (non-hydrogen) atoms. The Kier molecular flexibility index (Phi) is 4.15. The number of carbonyl (C=O) groups is 1. The minimum Gasteiger partial charge on any atom is -0.396 e. The summed E-state index contributed by atoms with van der Waals surface area (Å²) >= 11 is 0. The molecule has 0 saturated heterocycles. The van der Waals surface area contributed by atoms with Crippen LogP contribution in [0, 0.1) is 0 Å². The summed E-state index contributed by atoms with van der Waals surface area (Å²) in [4.78, 5) is 11.7. The third kappa shape index (κ3) is 3.07. The number of aliphatic hydroxyl groups excluding tert-OH is 1. The van der Waals surface area contributed by atoms with E-state index in [1.165, 1.54) is 11.1 Å². The van der Waals surface area contributed by atoms with E-state index in [2.05, 4.69) is 17.4 Å². The van der Waals surface area contributed by atoms with Crippen LogP contribution < -0.4 is 5.32 Å². The monoisotopic (exact) mass is 233 g/mol. The summed E-state index contributed by atoms with van der Waals surface area (Å²) < 4.78 is 0. The van der Waals surface area contributed by atoms with Crippen molar-refractivity contribution >= 4 is 5.91 Å². The van der Waals surface area contributed by atoms with Gasteiger partial charge in [0.15, 0.2) is 0 Å². The largest absolute Gasteiger partial charge is 0.396 e. The number of unbranched alkanes of at least 4 members (excludes halogenated alkanes) is 1. The number of benzene rings is 1. The normalized spacial score (nSPS) is 17.8. The van der Waals surface area contributed by atoms with E-state index >= 15 is 0 Å². The van der Waals surface area contributed by atoms with E-state index in [1.807, 2.05) is 12.1 Å². The fraction of sp³-hybridized carbons (Fsp3) is 0.500.